The smallest absolute Gasteiger partial charge is 0.0807 e. The lowest BCUT2D eigenvalue weighted by atomic mass is 10.0. The van der Waals surface area contributed by atoms with Crippen LogP contribution in [0.4, 0.5) is 5.69 Å². The molecule has 17 heavy (non-hydrogen) atoms. The highest BCUT2D eigenvalue weighted by Gasteiger charge is 2.12. The van der Waals surface area contributed by atoms with Gasteiger partial charge in [0.1, 0.15) is 0 Å². The molecule has 0 spiro atoms. The third-order valence-corrected chi connectivity index (χ3v) is 2.98. The Hall–Kier alpha value is -1.06. The van der Waals surface area contributed by atoms with Crippen molar-refractivity contribution in [1.82, 2.24) is 4.90 Å². The molecule has 0 aliphatic heterocycles. The monoisotopic (exact) mass is 236 g/mol. The van der Waals surface area contributed by atoms with E-state index in [9.17, 15) is 5.11 Å². The number of aliphatic hydroxyl groups excluding tert-OH is 1. The minimum absolute atomic E-state index is 0.368. The summed E-state index contributed by atoms with van der Waals surface area (Å²) in [6.07, 6.45) is 0.381. The number of para-hydroxylation sites is 1. The summed E-state index contributed by atoms with van der Waals surface area (Å²) in [6, 6.07) is 8.09. The third-order valence-electron chi connectivity index (χ3n) is 2.98. The minimum atomic E-state index is -0.368. The van der Waals surface area contributed by atoms with Crippen molar-refractivity contribution in [3.05, 3.63) is 29.8 Å². The van der Waals surface area contributed by atoms with Crippen molar-refractivity contribution >= 4 is 5.69 Å². The number of hydrogen-bond acceptors (Lipinski definition) is 3. The molecule has 1 N–H and O–H groups in total. The van der Waals surface area contributed by atoms with Crippen LogP contribution in [0.5, 0.6) is 0 Å². The van der Waals surface area contributed by atoms with Crippen LogP contribution in [-0.2, 0) is 0 Å². The fourth-order valence-electron chi connectivity index (χ4n) is 1.81. The van der Waals surface area contributed by atoms with Crippen LogP contribution >= 0.6 is 0 Å². The second kappa shape index (κ2) is 6.62. The largest absolute Gasteiger partial charge is 0.388 e. The molecule has 0 fully saturated rings. The van der Waals surface area contributed by atoms with Crippen LogP contribution in [0.1, 0.15) is 25.0 Å². The number of rotatable bonds is 6. The quantitative estimate of drug-likeness (QED) is 0.819. The fourth-order valence-corrected chi connectivity index (χ4v) is 1.81. The molecule has 3 nitrogen and oxygen atoms in total. The zero-order valence-electron chi connectivity index (χ0n) is 11.3. The lowest BCUT2D eigenvalue weighted by Gasteiger charge is -2.25. The predicted octanol–water partition coefficient (Wildman–Crippen LogP) is 2.13. The van der Waals surface area contributed by atoms with Crippen molar-refractivity contribution in [2.24, 2.45) is 0 Å². The Balaban J connectivity index is 2.81. The first-order valence-electron chi connectivity index (χ1n) is 6.19. The summed E-state index contributed by atoms with van der Waals surface area (Å²) in [6.45, 7) is 3.97. The predicted molar refractivity (Wildman–Crippen MR) is 73.5 cm³/mol. The van der Waals surface area contributed by atoms with Crippen LogP contribution in [0, 0.1) is 0 Å². The number of aliphatic hydroxyl groups is 1. The second-order valence-corrected chi connectivity index (χ2v) is 4.71. The molecule has 0 heterocycles. The van der Waals surface area contributed by atoms with Crippen molar-refractivity contribution in [3.63, 3.8) is 0 Å². The van der Waals surface area contributed by atoms with E-state index in [0.717, 1.165) is 30.8 Å². The van der Waals surface area contributed by atoms with Gasteiger partial charge in [0, 0.05) is 31.4 Å². The molecular formula is C14H24N2O. The van der Waals surface area contributed by atoms with Gasteiger partial charge in [-0.15, -0.1) is 0 Å². The lowest BCUT2D eigenvalue weighted by molar-refractivity contribution is 0.174. The first-order valence-corrected chi connectivity index (χ1v) is 6.19. The second-order valence-electron chi connectivity index (χ2n) is 4.71. The Morgan fingerprint density at radius 2 is 1.76 bits per heavy atom. The molecule has 1 rings (SSSR count). The van der Waals surface area contributed by atoms with Gasteiger partial charge < -0.3 is 14.9 Å². The van der Waals surface area contributed by atoms with Crippen molar-refractivity contribution in [3.8, 4) is 0 Å². The highest BCUT2D eigenvalue weighted by molar-refractivity contribution is 5.54. The number of nitrogens with zero attached hydrogens (tertiary/aromatic N) is 2. The summed E-state index contributed by atoms with van der Waals surface area (Å²) in [4.78, 5) is 4.36. The molecule has 0 amide bonds. The molecule has 3 heteroatoms. The standard InChI is InChI=1S/C14H24N2O/c1-5-14(17)12-8-6-7-9-13(12)16(4)11-10-15(2)3/h6-9,14,17H,5,10-11H2,1-4H3. The van der Waals surface area contributed by atoms with E-state index in [0.29, 0.717) is 0 Å². The van der Waals surface area contributed by atoms with E-state index in [1.165, 1.54) is 0 Å². The van der Waals surface area contributed by atoms with Crippen LogP contribution < -0.4 is 4.90 Å². The van der Waals surface area contributed by atoms with Gasteiger partial charge in [-0.2, -0.15) is 0 Å². The number of anilines is 1. The van der Waals surface area contributed by atoms with Gasteiger partial charge in [-0.1, -0.05) is 25.1 Å². The molecule has 0 radical (unpaired) electrons. The highest BCUT2D eigenvalue weighted by atomic mass is 16.3. The molecule has 0 bridgehead atoms. The molecule has 1 aromatic rings. The zero-order chi connectivity index (χ0) is 12.8. The van der Waals surface area contributed by atoms with Gasteiger partial charge in [-0.3, -0.25) is 0 Å². The lowest BCUT2D eigenvalue weighted by Crippen LogP contribution is -2.29. The average Bonchev–Trinajstić information content (AvgIpc) is 2.34. The van der Waals surface area contributed by atoms with Crippen molar-refractivity contribution in [1.29, 1.82) is 0 Å². The summed E-state index contributed by atoms with van der Waals surface area (Å²) >= 11 is 0. The molecule has 0 saturated carbocycles. The van der Waals surface area contributed by atoms with E-state index in [2.05, 4.69) is 37.0 Å². The van der Waals surface area contributed by atoms with Gasteiger partial charge in [0.2, 0.25) is 0 Å². The van der Waals surface area contributed by atoms with Crippen molar-refractivity contribution in [2.45, 2.75) is 19.4 Å². The van der Waals surface area contributed by atoms with Crippen molar-refractivity contribution < 1.29 is 5.11 Å². The Bertz CT molecular complexity index is 339. The van der Waals surface area contributed by atoms with Gasteiger partial charge in [-0.25, -0.2) is 0 Å². The van der Waals surface area contributed by atoms with Crippen LogP contribution in [-0.4, -0.2) is 44.2 Å². The number of hydrogen-bond donors (Lipinski definition) is 1. The maximum absolute atomic E-state index is 10.00. The summed E-state index contributed by atoms with van der Waals surface area (Å²) in [7, 11) is 6.21. The van der Waals surface area contributed by atoms with Crippen LogP contribution in [0.3, 0.4) is 0 Å². The number of benzene rings is 1. The van der Waals surface area contributed by atoms with Crippen LogP contribution in [0.25, 0.3) is 0 Å². The molecular weight excluding hydrogens is 212 g/mol. The molecule has 1 aromatic carbocycles. The summed E-state index contributed by atoms with van der Waals surface area (Å²) < 4.78 is 0. The Kier molecular flexibility index (Phi) is 5.45. The zero-order valence-corrected chi connectivity index (χ0v) is 11.3. The first-order chi connectivity index (χ1) is 8.06. The van der Waals surface area contributed by atoms with Gasteiger partial charge in [0.15, 0.2) is 0 Å². The summed E-state index contributed by atoms with van der Waals surface area (Å²) in [5, 5.41) is 10.00. The molecule has 0 saturated heterocycles. The van der Waals surface area contributed by atoms with E-state index in [1.807, 2.05) is 25.1 Å². The normalized spacial score (nSPS) is 12.8. The van der Waals surface area contributed by atoms with Crippen molar-refractivity contribution in [2.75, 3.05) is 39.1 Å². The van der Waals surface area contributed by atoms with Gasteiger partial charge >= 0.3 is 0 Å². The van der Waals surface area contributed by atoms with E-state index < -0.39 is 0 Å². The molecule has 1 unspecified atom stereocenters. The first kappa shape index (κ1) is 14.0. The summed E-state index contributed by atoms with van der Waals surface area (Å²) in [5.74, 6) is 0. The van der Waals surface area contributed by atoms with E-state index in [1.54, 1.807) is 0 Å². The fraction of sp³-hybridized carbons (Fsp3) is 0.571. The molecule has 1 atom stereocenters. The minimum Gasteiger partial charge on any atom is -0.388 e. The van der Waals surface area contributed by atoms with Crippen LogP contribution in [0.2, 0.25) is 0 Å². The molecule has 0 aliphatic carbocycles. The number of likely N-dealkylation sites (N-methyl/N-ethyl adjacent to an activating group) is 2. The SMILES string of the molecule is CCC(O)c1ccccc1N(C)CCN(C)C. The Morgan fingerprint density at radius 1 is 1.12 bits per heavy atom. The molecule has 0 aliphatic rings. The maximum atomic E-state index is 10.00. The van der Waals surface area contributed by atoms with E-state index >= 15 is 0 Å². The van der Waals surface area contributed by atoms with E-state index in [-0.39, 0.29) is 6.10 Å². The third kappa shape index (κ3) is 4.02. The van der Waals surface area contributed by atoms with Crippen LogP contribution in [0.15, 0.2) is 24.3 Å². The Morgan fingerprint density at radius 3 is 2.35 bits per heavy atom. The maximum Gasteiger partial charge on any atom is 0.0807 e. The van der Waals surface area contributed by atoms with E-state index in [4.69, 9.17) is 0 Å². The Labute approximate surface area is 105 Å². The topological polar surface area (TPSA) is 26.7 Å². The average molecular weight is 236 g/mol. The summed E-state index contributed by atoms with van der Waals surface area (Å²) in [5.41, 5.74) is 2.15. The van der Waals surface area contributed by atoms with Gasteiger partial charge in [0.25, 0.3) is 0 Å². The molecule has 0 aromatic heterocycles. The van der Waals surface area contributed by atoms with Gasteiger partial charge in [-0.05, 0) is 26.6 Å². The van der Waals surface area contributed by atoms with Gasteiger partial charge in [0.05, 0.1) is 6.10 Å². The highest BCUT2D eigenvalue weighted by Crippen LogP contribution is 2.27. The molecule has 96 valence electrons.